The standard InChI is InChI=1S/C14H20FNS/c1-11-14(3-2-10-17-11)16-9-8-12-4-6-13(15)7-5-12/h4-7,11,14,16H,2-3,8-10H2,1H3. The fourth-order valence-corrected chi connectivity index (χ4v) is 3.41. The molecule has 94 valence electrons. The Morgan fingerprint density at radius 2 is 2.12 bits per heavy atom. The van der Waals surface area contributed by atoms with Crippen LogP contribution >= 0.6 is 11.8 Å². The average Bonchev–Trinajstić information content (AvgIpc) is 2.34. The van der Waals surface area contributed by atoms with E-state index >= 15 is 0 Å². The number of halogens is 1. The van der Waals surface area contributed by atoms with Crippen LogP contribution < -0.4 is 5.32 Å². The molecule has 2 unspecified atom stereocenters. The van der Waals surface area contributed by atoms with Crippen molar-refractivity contribution in [1.29, 1.82) is 0 Å². The van der Waals surface area contributed by atoms with E-state index in [4.69, 9.17) is 0 Å². The molecule has 0 radical (unpaired) electrons. The lowest BCUT2D eigenvalue weighted by Crippen LogP contribution is -2.40. The van der Waals surface area contributed by atoms with Crippen molar-refractivity contribution in [3.63, 3.8) is 0 Å². The first-order chi connectivity index (χ1) is 8.25. The molecule has 1 aromatic carbocycles. The minimum absolute atomic E-state index is 0.154. The summed E-state index contributed by atoms with van der Waals surface area (Å²) in [6.45, 7) is 3.29. The number of benzene rings is 1. The molecular weight excluding hydrogens is 233 g/mol. The van der Waals surface area contributed by atoms with E-state index in [1.54, 1.807) is 0 Å². The SMILES string of the molecule is CC1SCCCC1NCCc1ccc(F)cc1. The Labute approximate surface area is 107 Å². The van der Waals surface area contributed by atoms with Crippen LogP contribution in [0, 0.1) is 5.82 Å². The highest BCUT2D eigenvalue weighted by molar-refractivity contribution is 7.99. The molecule has 0 aliphatic carbocycles. The summed E-state index contributed by atoms with van der Waals surface area (Å²) in [5.41, 5.74) is 1.20. The van der Waals surface area contributed by atoms with E-state index in [1.807, 2.05) is 12.1 Å². The van der Waals surface area contributed by atoms with Gasteiger partial charge in [-0.2, -0.15) is 11.8 Å². The second-order valence-electron chi connectivity index (χ2n) is 4.66. The van der Waals surface area contributed by atoms with Gasteiger partial charge in [-0.1, -0.05) is 19.1 Å². The fourth-order valence-electron chi connectivity index (χ4n) is 2.24. The summed E-state index contributed by atoms with van der Waals surface area (Å²) >= 11 is 2.06. The van der Waals surface area contributed by atoms with Crippen LogP contribution in [-0.4, -0.2) is 23.6 Å². The molecule has 1 nitrogen and oxygen atoms in total. The third kappa shape index (κ3) is 4.00. The van der Waals surface area contributed by atoms with Gasteiger partial charge in [-0.05, 0) is 49.3 Å². The van der Waals surface area contributed by atoms with Gasteiger partial charge in [0.15, 0.2) is 0 Å². The number of hydrogen-bond acceptors (Lipinski definition) is 2. The predicted molar refractivity (Wildman–Crippen MR) is 73.0 cm³/mol. The summed E-state index contributed by atoms with van der Waals surface area (Å²) in [5, 5.41) is 4.34. The average molecular weight is 253 g/mol. The monoisotopic (exact) mass is 253 g/mol. The molecule has 0 aromatic heterocycles. The highest BCUT2D eigenvalue weighted by atomic mass is 32.2. The fraction of sp³-hybridized carbons (Fsp3) is 0.571. The van der Waals surface area contributed by atoms with Gasteiger partial charge in [0, 0.05) is 11.3 Å². The molecule has 2 atom stereocenters. The first kappa shape index (κ1) is 12.9. The van der Waals surface area contributed by atoms with Crippen LogP contribution in [-0.2, 0) is 6.42 Å². The molecule has 17 heavy (non-hydrogen) atoms. The molecule has 1 aromatic rings. The van der Waals surface area contributed by atoms with E-state index in [0.29, 0.717) is 6.04 Å². The highest BCUT2D eigenvalue weighted by Gasteiger charge is 2.20. The van der Waals surface area contributed by atoms with Crippen molar-refractivity contribution < 1.29 is 4.39 Å². The van der Waals surface area contributed by atoms with Crippen molar-refractivity contribution in [3.8, 4) is 0 Å². The maximum Gasteiger partial charge on any atom is 0.123 e. The smallest absolute Gasteiger partial charge is 0.123 e. The minimum atomic E-state index is -0.154. The van der Waals surface area contributed by atoms with Gasteiger partial charge in [0.25, 0.3) is 0 Å². The van der Waals surface area contributed by atoms with Crippen molar-refractivity contribution in [1.82, 2.24) is 5.32 Å². The maximum absolute atomic E-state index is 12.7. The Bertz CT molecular complexity index is 339. The Kier molecular flexibility index (Phi) is 4.86. The molecule has 1 heterocycles. The molecule has 2 rings (SSSR count). The molecule has 1 saturated heterocycles. The zero-order valence-electron chi connectivity index (χ0n) is 10.3. The molecule has 1 aliphatic heterocycles. The van der Waals surface area contributed by atoms with Gasteiger partial charge in [-0.15, -0.1) is 0 Å². The zero-order chi connectivity index (χ0) is 12.1. The van der Waals surface area contributed by atoms with Crippen LogP contribution in [0.3, 0.4) is 0 Å². The van der Waals surface area contributed by atoms with Crippen LogP contribution in [0.2, 0.25) is 0 Å². The van der Waals surface area contributed by atoms with Crippen molar-refractivity contribution in [3.05, 3.63) is 35.6 Å². The summed E-state index contributed by atoms with van der Waals surface area (Å²) < 4.78 is 12.7. The van der Waals surface area contributed by atoms with E-state index < -0.39 is 0 Å². The van der Waals surface area contributed by atoms with E-state index in [9.17, 15) is 4.39 Å². The third-order valence-electron chi connectivity index (χ3n) is 3.34. The lowest BCUT2D eigenvalue weighted by Gasteiger charge is -2.29. The first-order valence-electron chi connectivity index (χ1n) is 6.35. The maximum atomic E-state index is 12.7. The van der Waals surface area contributed by atoms with E-state index in [2.05, 4.69) is 24.0 Å². The molecule has 0 amide bonds. The summed E-state index contributed by atoms with van der Waals surface area (Å²) in [6, 6.07) is 7.46. The van der Waals surface area contributed by atoms with E-state index in [-0.39, 0.29) is 5.82 Å². The molecule has 1 fully saturated rings. The molecule has 0 bridgehead atoms. The van der Waals surface area contributed by atoms with Gasteiger partial charge in [0.05, 0.1) is 0 Å². The van der Waals surface area contributed by atoms with Gasteiger partial charge in [-0.25, -0.2) is 4.39 Å². The van der Waals surface area contributed by atoms with Crippen molar-refractivity contribution in [2.45, 2.75) is 37.5 Å². The van der Waals surface area contributed by atoms with Crippen LogP contribution in [0.1, 0.15) is 25.3 Å². The Morgan fingerprint density at radius 1 is 1.35 bits per heavy atom. The van der Waals surface area contributed by atoms with Crippen LogP contribution in [0.15, 0.2) is 24.3 Å². The van der Waals surface area contributed by atoms with Gasteiger partial charge >= 0.3 is 0 Å². The van der Waals surface area contributed by atoms with Gasteiger partial charge in [0.1, 0.15) is 5.82 Å². The van der Waals surface area contributed by atoms with Crippen LogP contribution in [0.5, 0.6) is 0 Å². The zero-order valence-corrected chi connectivity index (χ0v) is 11.1. The van der Waals surface area contributed by atoms with Crippen molar-refractivity contribution >= 4 is 11.8 Å². The van der Waals surface area contributed by atoms with Gasteiger partial charge in [0.2, 0.25) is 0 Å². The van der Waals surface area contributed by atoms with Crippen molar-refractivity contribution in [2.75, 3.05) is 12.3 Å². The topological polar surface area (TPSA) is 12.0 Å². The second kappa shape index (κ2) is 6.41. The van der Waals surface area contributed by atoms with E-state index in [1.165, 1.54) is 36.3 Å². The summed E-state index contributed by atoms with van der Waals surface area (Å²) in [5.74, 6) is 1.15. The molecule has 1 aliphatic rings. The summed E-state index contributed by atoms with van der Waals surface area (Å²) in [4.78, 5) is 0. The normalized spacial score (nSPS) is 24.8. The Morgan fingerprint density at radius 3 is 2.82 bits per heavy atom. The molecule has 0 spiro atoms. The first-order valence-corrected chi connectivity index (χ1v) is 7.40. The number of hydrogen-bond donors (Lipinski definition) is 1. The Hall–Kier alpha value is -0.540. The Balaban J connectivity index is 1.73. The third-order valence-corrected chi connectivity index (χ3v) is 4.72. The quantitative estimate of drug-likeness (QED) is 0.884. The minimum Gasteiger partial charge on any atom is -0.313 e. The summed E-state index contributed by atoms with van der Waals surface area (Å²) in [6.07, 6.45) is 3.59. The van der Waals surface area contributed by atoms with Crippen LogP contribution in [0.4, 0.5) is 4.39 Å². The molecule has 0 saturated carbocycles. The number of rotatable bonds is 4. The number of thioether (sulfide) groups is 1. The van der Waals surface area contributed by atoms with Crippen molar-refractivity contribution in [2.24, 2.45) is 0 Å². The highest BCUT2D eigenvalue weighted by Crippen LogP contribution is 2.24. The lowest BCUT2D eigenvalue weighted by atomic mass is 10.1. The molecule has 1 N–H and O–H groups in total. The van der Waals surface area contributed by atoms with Crippen LogP contribution in [0.25, 0.3) is 0 Å². The molecular formula is C14H20FNS. The van der Waals surface area contributed by atoms with Gasteiger partial charge < -0.3 is 5.32 Å². The predicted octanol–water partition coefficient (Wildman–Crippen LogP) is 3.24. The lowest BCUT2D eigenvalue weighted by molar-refractivity contribution is 0.466. The molecule has 3 heteroatoms. The van der Waals surface area contributed by atoms with Gasteiger partial charge in [-0.3, -0.25) is 0 Å². The number of nitrogens with one attached hydrogen (secondary N) is 1. The second-order valence-corrected chi connectivity index (χ2v) is 6.14. The largest absolute Gasteiger partial charge is 0.313 e. The summed E-state index contributed by atoms with van der Waals surface area (Å²) in [7, 11) is 0. The van der Waals surface area contributed by atoms with E-state index in [0.717, 1.165) is 18.2 Å².